The zero-order valence-electron chi connectivity index (χ0n) is 10.8. The molecule has 20 heavy (non-hydrogen) atoms. The highest BCUT2D eigenvalue weighted by atomic mass is 32.2. The molecular weight excluding hydrogens is 297 g/mol. The highest BCUT2D eigenvalue weighted by molar-refractivity contribution is 7.87. The Labute approximate surface area is 115 Å². The van der Waals surface area contributed by atoms with Gasteiger partial charge in [0.2, 0.25) is 0 Å². The van der Waals surface area contributed by atoms with Crippen LogP contribution in [0.15, 0.2) is 24.3 Å². The SMILES string of the molecule is CN(C)S(=O)(=O)NC[C@H](O)c1cccc(C(F)(F)F)c1. The third kappa shape index (κ3) is 4.44. The van der Waals surface area contributed by atoms with E-state index in [2.05, 4.69) is 4.72 Å². The molecular formula is C11H15F3N2O3S. The van der Waals surface area contributed by atoms with E-state index in [4.69, 9.17) is 0 Å². The van der Waals surface area contributed by atoms with E-state index in [1.165, 1.54) is 20.2 Å². The first kappa shape index (κ1) is 16.9. The molecule has 0 aliphatic heterocycles. The van der Waals surface area contributed by atoms with Crippen LogP contribution in [-0.2, 0) is 16.4 Å². The van der Waals surface area contributed by atoms with Gasteiger partial charge in [-0.25, -0.2) is 0 Å². The van der Waals surface area contributed by atoms with Crippen LogP contribution in [0, 0.1) is 0 Å². The summed E-state index contributed by atoms with van der Waals surface area (Å²) in [4.78, 5) is 0. The van der Waals surface area contributed by atoms with Crippen LogP contribution in [0.4, 0.5) is 13.2 Å². The molecule has 9 heteroatoms. The largest absolute Gasteiger partial charge is 0.416 e. The molecule has 0 aromatic heterocycles. The first-order valence-corrected chi connectivity index (χ1v) is 7.00. The first-order chi connectivity index (χ1) is 9.04. The maximum atomic E-state index is 12.5. The van der Waals surface area contributed by atoms with Crippen molar-refractivity contribution in [1.82, 2.24) is 9.03 Å². The van der Waals surface area contributed by atoms with Crippen LogP contribution in [0.1, 0.15) is 17.2 Å². The lowest BCUT2D eigenvalue weighted by molar-refractivity contribution is -0.137. The van der Waals surface area contributed by atoms with Crippen LogP contribution in [0.2, 0.25) is 0 Å². The van der Waals surface area contributed by atoms with E-state index < -0.39 is 34.6 Å². The molecule has 1 rings (SSSR count). The highest BCUT2D eigenvalue weighted by Gasteiger charge is 2.31. The molecule has 0 fully saturated rings. The average molecular weight is 312 g/mol. The van der Waals surface area contributed by atoms with E-state index in [0.29, 0.717) is 0 Å². The summed E-state index contributed by atoms with van der Waals surface area (Å²) in [5.41, 5.74) is -0.911. The van der Waals surface area contributed by atoms with Crippen LogP contribution in [-0.4, -0.2) is 38.5 Å². The van der Waals surface area contributed by atoms with Gasteiger partial charge in [0, 0.05) is 20.6 Å². The van der Waals surface area contributed by atoms with Gasteiger partial charge in [-0.15, -0.1) is 0 Å². The normalized spacial score (nSPS) is 14.6. The third-order valence-electron chi connectivity index (χ3n) is 2.54. The molecule has 0 unspecified atom stereocenters. The predicted molar refractivity (Wildman–Crippen MR) is 67.0 cm³/mol. The van der Waals surface area contributed by atoms with E-state index in [1.807, 2.05) is 0 Å². The minimum absolute atomic E-state index is 0.0127. The molecule has 0 spiro atoms. The van der Waals surface area contributed by atoms with Crippen molar-refractivity contribution in [3.63, 3.8) is 0 Å². The van der Waals surface area contributed by atoms with Gasteiger partial charge in [-0.1, -0.05) is 12.1 Å². The smallest absolute Gasteiger partial charge is 0.387 e. The van der Waals surface area contributed by atoms with E-state index in [1.54, 1.807) is 0 Å². The Hall–Kier alpha value is -1.16. The molecule has 0 aliphatic rings. The Balaban J connectivity index is 2.81. The van der Waals surface area contributed by atoms with E-state index in [0.717, 1.165) is 22.5 Å². The van der Waals surface area contributed by atoms with Crippen molar-refractivity contribution in [3.05, 3.63) is 35.4 Å². The minimum atomic E-state index is -4.52. The van der Waals surface area contributed by atoms with Crippen molar-refractivity contribution in [1.29, 1.82) is 0 Å². The summed E-state index contributed by atoms with van der Waals surface area (Å²) in [5.74, 6) is 0. The lowest BCUT2D eigenvalue weighted by Gasteiger charge is -2.16. The van der Waals surface area contributed by atoms with Gasteiger partial charge in [0.15, 0.2) is 0 Å². The number of alkyl halides is 3. The standard InChI is InChI=1S/C11H15F3N2O3S/c1-16(2)20(18,19)15-7-10(17)8-4-3-5-9(6-8)11(12,13)14/h3-6,10,15,17H,7H2,1-2H3/t10-/m0/s1. The summed E-state index contributed by atoms with van der Waals surface area (Å²) in [6.45, 7) is -0.415. The van der Waals surface area contributed by atoms with Gasteiger partial charge in [0.05, 0.1) is 11.7 Å². The quantitative estimate of drug-likeness (QED) is 0.856. The Bertz CT molecular complexity index is 558. The average Bonchev–Trinajstić information content (AvgIpc) is 2.35. The van der Waals surface area contributed by atoms with Crippen molar-refractivity contribution in [2.24, 2.45) is 0 Å². The van der Waals surface area contributed by atoms with Crippen molar-refractivity contribution < 1.29 is 26.7 Å². The topological polar surface area (TPSA) is 69.6 Å². The second-order valence-electron chi connectivity index (χ2n) is 4.27. The fourth-order valence-corrected chi connectivity index (χ4v) is 1.98. The fourth-order valence-electron chi connectivity index (χ4n) is 1.35. The van der Waals surface area contributed by atoms with Crippen molar-refractivity contribution >= 4 is 10.2 Å². The lowest BCUT2D eigenvalue weighted by Crippen LogP contribution is -2.37. The maximum Gasteiger partial charge on any atom is 0.416 e. The second kappa shape index (κ2) is 6.08. The number of halogens is 3. The number of aliphatic hydroxyl groups excluding tert-OH is 1. The zero-order valence-corrected chi connectivity index (χ0v) is 11.7. The summed E-state index contributed by atoms with van der Waals surface area (Å²) in [5, 5.41) is 9.74. The van der Waals surface area contributed by atoms with E-state index in [-0.39, 0.29) is 5.56 Å². The Kier molecular flexibility index (Phi) is 5.14. The maximum absolute atomic E-state index is 12.5. The number of aliphatic hydroxyl groups is 1. The Morgan fingerprint density at radius 1 is 1.35 bits per heavy atom. The lowest BCUT2D eigenvalue weighted by atomic mass is 10.1. The van der Waals surface area contributed by atoms with E-state index >= 15 is 0 Å². The van der Waals surface area contributed by atoms with Gasteiger partial charge in [0.25, 0.3) is 10.2 Å². The number of benzene rings is 1. The van der Waals surface area contributed by atoms with Gasteiger partial charge in [-0.3, -0.25) is 0 Å². The van der Waals surface area contributed by atoms with Crippen LogP contribution in [0.3, 0.4) is 0 Å². The van der Waals surface area contributed by atoms with Crippen LogP contribution >= 0.6 is 0 Å². The number of nitrogens with zero attached hydrogens (tertiary/aromatic N) is 1. The molecule has 0 saturated carbocycles. The summed E-state index contributed by atoms with van der Waals surface area (Å²) in [6.07, 6.45) is -5.88. The zero-order chi connectivity index (χ0) is 15.6. The summed E-state index contributed by atoms with van der Waals surface area (Å²) in [7, 11) is -1.16. The van der Waals surface area contributed by atoms with Crippen LogP contribution in [0.25, 0.3) is 0 Å². The Morgan fingerprint density at radius 3 is 2.45 bits per heavy atom. The highest BCUT2D eigenvalue weighted by Crippen LogP contribution is 2.30. The van der Waals surface area contributed by atoms with Crippen molar-refractivity contribution in [2.75, 3.05) is 20.6 Å². The summed E-state index contributed by atoms with van der Waals surface area (Å²) >= 11 is 0. The van der Waals surface area contributed by atoms with Gasteiger partial charge < -0.3 is 5.11 Å². The summed E-state index contributed by atoms with van der Waals surface area (Å²) < 4.78 is 63.3. The van der Waals surface area contributed by atoms with Crippen LogP contribution < -0.4 is 4.72 Å². The van der Waals surface area contributed by atoms with Crippen LogP contribution in [0.5, 0.6) is 0 Å². The molecule has 0 heterocycles. The molecule has 5 nitrogen and oxygen atoms in total. The number of hydrogen-bond donors (Lipinski definition) is 2. The molecule has 0 saturated heterocycles. The molecule has 1 aromatic carbocycles. The predicted octanol–water partition coefficient (Wildman–Crippen LogP) is 1.13. The molecule has 0 bridgehead atoms. The molecule has 1 aromatic rings. The van der Waals surface area contributed by atoms with Gasteiger partial charge in [-0.05, 0) is 17.7 Å². The van der Waals surface area contributed by atoms with E-state index in [9.17, 15) is 26.7 Å². The fraction of sp³-hybridized carbons (Fsp3) is 0.455. The third-order valence-corrected chi connectivity index (χ3v) is 4.03. The molecule has 1 atom stereocenters. The first-order valence-electron chi connectivity index (χ1n) is 5.56. The van der Waals surface area contributed by atoms with Gasteiger partial charge in [0.1, 0.15) is 0 Å². The molecule has 2 N–H and O–H groups in total. The molecule has 0 radical (unpaired) electrons. The monoisotopic (exact) mass is 312 g/mol. The second-order valence-corrected chi connectivity index (χ2v) is 6.24. The molecule has 0 aliphatic carbocycles. The summed E-state index contributed by atoms with van der Waals surface area (Å²) in [6, 6.07) is 4.11. The number of rotatable bonds is 5. The van der Waals surface area contributed by atoms with Crippen molar-refractivity contribution in [2.45, 2.75) is 12.3 Å². The van der Waals surface area contributed by atoms with Gasteiger partial charge >= 0.3 is 6.18 Å². The minimum Gasteiger partial charge on any atom is -0.387 e. The van der Waals surface area contributed by atoms with Gasteiger partial charge in [-0.2, -0.15) is 30.6 Å². The Morgan fingerprint density at radius 2 is 1.95 bits per heavy atom. The van der Waals surface area contributed by atoms with Crippen molar-refractivity contribution in [3.8, 4) is 0 Å². The molecule has 114 valence electrons. The number of hydrogen-bond acceptors (Lipinski definition) is 3. The number of nitrogens with one attached hydrogen (secondary N) is 1. The molecule has 0 amide bonds.